The zero-order chi connectivity index (χ0) is 23.5. The van der Waals surface area contributed by atoms with Crippen LogP contribution in [0.5, 0.6) is 0 Å². The lowest BCUT2D eigenvalue weighted by Gasteiger charge is -2.44. The summed E-state index contributed by atoms with van der Waals surface area (Å²) in [5.41, 5.74) is -0.265. The summed E-state index contributed by atoms with van der Waals surface area (Å²) in [5, 5.41) is 13.7. The van der Waals surface area contributed by atoms with Crippen molar-refractivity contribution in [3.05, 3.63) is 39.7 Å². The number of methoxy groups -OCH3 is 1. The summed E-state index contributed by atoms with van der Waals surface area (Å²) in [6.07, 6.45) is -0.778. The van der Waals surface area contributed by atoms with E-state index in [2.05, 4.69) is 10.2 Å². The number of carbonyl (C=O) groups is 2. The van der Waals surface area contributed by atoms with Gasteiger partial charge in [0.2, 0.25) is 17.6 Å². The normalized spacial score (nSPS) is 22.5. The van der Waals surface area contributed by atoms with Crippen LogP contribution in [0.3, 0.4) is 0 Å². The van der Waals surface area contributed by atoms with Crippen LogP contribution in [0.2, 0.25) is 0 Å². The van der Waals surface area contributed by atoms with E-state index in [1.807, 2.05) is 20.9 Å². The van der Waals surface area contributed by atoms with Crippen LogP contribution in [0.1, 0.15) is 39.2 Å². The molecular formula is C21H31FN4O5. The quantitative estimate of drug-likeness (QED) is 0.515. The second kappa shape index (κ2) is 10.1. The van der Waals surface area contributed by atoms with Gasteiger partial charge in [0, 0.05) is 44.3 Å². The standard InChI is InChI=1S/C21H31FN4O5/c1-12-11-25(13(2)10-24(12)5)21(28)19(23-20(27)15(4)31-6)14(3)16-7-8-18(26(29)30)17(22)9-16/h7-9,12-15,19H,10-11H2,1-6H3,(H,23,27)/t12-,13-,14+,15+,19-/m1/s1. The van der Waals surface area contributed by atoms with Crippen LogP contribution in [0.4, 0.5) is 10.1 Å². The summed E-state index contributed by atoms with van der Waals surface area (Å²) in [6, 6.07) is 2.61. The number of amides is 2. The van der Waals surface area contributed by atoms with E-state index in [-0.39, 0.29) is 18.0 Å². The number of piperazine rings is 1. The van der Waals surface area contributed by atoms with Crippen molar-refractivity contribution in [3.63, 3.8) is 0 Å². The van der Waals surface area contributed by atoms with Gasteiger partial charge < -0.3 is 15.0 Å². The van der Waals surface area contributed by atoms with Crippen molar-refractivity contribution in [3.8, 4) is 0 Å². The van der Waals surface area contributed by atoms with Crippen molar-refractivity contribution in [1.82, 2.24) is 15.1 Å². The van der Waals surface area contributed by atoms with Gasteiger partial charge in [-0.05, 0) is 39.4 Å². The highest BCUT2D eigenvalue weighted by Crippen LogP contribution is 2.27. The van der Waals surface area contributed by atoms with Gasteiger partial charge in [0.1, 0.15) is 12.1 Å². The molecule has 1 aliphatic heterocycles. The Kier molecular flexibility index (Phi) is 8.08. The summed E-state index contributed by atoms with van der Waals surface area (Å²) >= 11 is 0. The fourth-order valence-corrected chi connectivity index (χ4v) is 3.71. The molecule has 0 aliphatic carbocycles. The Balaban J connectivity index is 2.37. The highest BCUT2D eigenvalue weighted by atomic mass is 19.1. The number of nitrogens with one attached hydrogen (secondary N) is 1. The Bertz CT molecular complexity index is 836. The fourth-order valence-electron chi connectivity index (χ4n) is 3.71. The lowest BCUT2D eigenvalue weighted by molar-refractivity contribution is -0.387. The van der Waals surface area contributed by atoms with Gasteiger partial charge in [-0.25, -0.2) is 0 Å². The topological polar surface area (TPSA) is 105 Å². The molecule has 0 bridgehead atoms. The molecule has 1 aromatic carbocycles. The number of hydrogen-bond acceptors (Lipinski definition) is 6. The number of hydrogen-bond donors (Lipinski definition) is 1. The lowest BCUT2D eigenvalue weighted by atomic mass is 9.90. The number of rotatable bonds is 7. The van der Waals surface area contributed by atoms with E-state index >= 15 is 0 Å². The van der Waals surface area contributed by atoms with E-state index in [4.69, 9.17) is 4.74 Å². The third-order valence-electron chi connectivity index (χ3n) is 6.06. The molecule has 2 rings (SSSR count). The monoisotopic (exact) mass is 438 g/mol. The largest absolute Gasteiger partial charge is 0.372 e. The maximum atomic E-state index is 14.2. The average molecular weight is 439 g/mol. The summed E-state index contributed by atoms with van der Waals surface area (Å²) in [4.78, 5) is 40.1. The first kappa shape index (κ1) is 24.7. The molecule has 0 aromatic heterocycles. The van der Waals surface area contributed by atoms with Crippen molar-refractivity contribution in [2.45, 2.75) is 57.8 Å². The molecule has 1 heterocycles. The van der Waals surface area contributed by atoms with E-state index in [1.54, 1.807) is 18.7 Å². The number of nitro groups is 1. The van der Waals surface area contributed by atoms with Crippen molar-refractivity contribution in [2.24, 2.45) is 0 Å². The molecule has 0 saturated carbocycles. The molecule has 2 amide bonds. The minimum atomic E-state index is -0.987. The molecule has 1 fully saturated rings. The van der Waals surface area contributed by atoms with Crippen LogP contribution in [-0.2, 0) is 14.3 Å². The molecule has 31 heavy (non-hydrogen) atoms. The molecule has 9 nitrogen and oxygen atoms in total. The predicted molar refractivity (Wildman–Crippen MR) is 113 cm³/mol. The lowest BCUT2D eigenvalue weighted by Crippen LogP contribution is -2.61. The van der Waals surface area contributed by atoms with E-state index in [1.165, 1.54) is 13.2 Å². The summed E-state index contributed by atoms with van der Waals surface area (Å²) in [6.45, 7) is 8.38. The Morgan fingerprint density at radius 3 is 2.45 bits per heavy atom. The van der Waals surface area contributed by atoms with Gasteiger partial charge in [-0.3, -0.25) is 24.6 Å². The van der Waals surface area contributed by atoms with Gasteiger partial charge in [-0.2, -0.15) is 4.39 Å². The summed E-state index contributed by atoms with van der Waals surface area (Å²) < 4.78 is 19.3. The van der Waals surface area contributed by atoms with E-state index in [9.17, 15) is 24.1 Å². The number of halogens is 1. The first-order valence-corrected chi connectivity index (χ1v) is 10.3. The first-order valence-electron chi connectivity index (χ1n) is 10.3. The second-order valence-electron chi connectivity index (χ2n) is 8.25. The Hall–Kier alpha value is -2.59. The minimum Gasteiger partial charge on any atom is -0.372 e. The maximum absolute atomic E-state index is 14.2. The van der Waals surface area contributed by atoms with Crippen molar-refractivity contribution >= 4 is 17.5 Å². The van der Waals surface area contributed by atoms with Crippen LogP contribution < -0.4 is 5.32 Å². The van der Waals surface area contributed by atoms with Gasteiger partial charge in [0.05, 0.1) is 4.92 Å². The van der Waals surface area contributed by atoms with Gasteiger partial charge in [-0.15, -0.1) is 0 Å². The zero-order valence-electron chi connectivity index (χ0n) is 18.8. The third-order valence-corrected chi connectivity index (χ3v) is 6.06. The SMILES string of the molecule is CO[C@@H](C)C(=O)N[C@@H](C(=O)N1C[C@@H](C)N(C)C[C@H]1C)[C@@H](C)c1ccc([N+](=O)[O-])c(F)c1. The number of carbonyl (C=O) groups excluding carboxylic acids is 2. The second-order valence-corrected chi connectivity index (χ2v) is 8.25. The molecule has 1 N–H and O–H groups in total. The zero-order valence-corrected chi connectivity index (χ0v) is 18.8. The molecule has 0 radical (unpaired) electrons. The van der Waals surface area contributed by atoms with E-state index in [0.717, 1.165) is 12.1 Å². The fraction of sp³-hybridized carbons (Fsp3) is 0.619. The van der Waals surface area contributed by atoms with Crippen LogP contribution in [0.15, 0.2) is 18.2 Å². The smallest absolute Gasteiger partial charge is 0.304 e. The number of nitro benzene ring substituents is 1. The van der Waals surface area contributed by atoms with E-state index in [0.29, 0.717) is 18.7 Å². The molecule has 1 aliphatic rings. The van der Waals surface area contributed by atoms with Gasteiger partial charge in [0.15, 0.2) is 0 Å². The number of nitrogens with zero attached hydrogens (tertiary/aromatic N) is 3. The molecule has 1 aromatic rings. The molecule has 172 valence electrons. The Morgan fingerprint density at radius 2 is 1.90 bits per heavy atom. The van der Waals surface area contributed by atoms with Crippen LogP contribution in [0, 0.1) is 15.9 Å². The molecule has 10 heteroatoms. The highest BCUT2D eigenvalue weighted by Gasteiger charge is 2.38. The van der Waals surface area contributed by atoms with Gasteiger partial charge in [0.25, 0.3) is 0 Å². The summed E-state index contributed by atoms with van der Waals surface area (Å²) in [5.74, 6) is -2.36. The number of likely N-dealkylation sites (N-methyl/N-ethyl adjacent to an activating group) is 1. The van der Waals surface area contributed by atoms with Crippen molar-refractivity contribution in [1.29, 1.82) is 0 Å². The first-order chi connectivity index (χ1) is 14.5. The van der Waals surface area contributed by atoms with E-state index < -0.39 is 40.4 Å². The van der Waals surface area contributed by atoms with Gasteiger partial charge in [-0.1, -0.05) is 13.0 Å². The maximum Gasteiger partial charge on any atom is 0.304 e. The average Bonchev–Trinajstić information content (AvgIpc) is 2.72. The molecular weight excluding hydrogens is 407 g/mol. The van der Waals surface area contributed by atoms with Crippen molar-refractivity contribution in [2.75, 3.05) is 27.2 Å². The molecule has 0 unspecified atom stereocenters. The number of ether oxygens (including phenoxy) is 1. The number of benzene rings is 1. The van der Waals surface area contributed by atoms with Crippen molar-refractivity contribution < 1.29 is 23.6 Å². The third kappa shape index (κ3) is 5.56. The van der Waals surface area contributed by atoms with Gasteiger partial charge >= 0.3 is 5.69 Å². The van der Waals surface area contributed by atoms with Crippen LogP contribution in [0.25, 0.3) is 0 Å². The van der Waals surface area contributed by atoms with Crippen LogP contribution >= 0.6 is 0 Å². The van der Waals surface area contributed by atoms with Crippen LogP contribution in [-0.4, -0.2) is 78.0 Å². The molecule has 5 atom stereocenters. The highest BCUT2D eigenvalue weighted by molar-refractivity contribution is 5.90. The predicted octanol–water partition coefficient (Wildman–Crippen LogP) is 1.91. The Labute approximate surface area is 181 Å². The summed E-state index contributed by atoms with van der Waals surface area (Å²) in [7, 11) is 3.38. The Morgan fingerprint density at radius 1 is 1.26 bits per heavy atom. The minimum absolute atomic E-state index is 0.0752. The molecule has 1 saturated heterocycles. The molecule has 0 spiro atoms.